The van der Waals surface area contributed by atoms with Crippen LogP contribution in [0.2, 0.25) is 0 Å². The Bertz CT molecular complexity index is 1420. The summed E-state index contributed by atoms with van der Waals surface area (Å²) in [6.07, 6.45) is 5.99. The summed E-state index contributed by atoms with van der Waals surface area (Å²) in [5.74, 6) is 0.852. The van der Waals surface area contributed by atoms with Gasteiger partial charge in [-0.15, -0.1) is 0 Å². The van der Waals surface area contributed by atoms with E-state index in [-0.39, 0.29) is 0 Å². The van der Waals surface area contributed by atoms with Gasteiger partial charge in [0, 0.05) is 61.7 Å². The van der Waals surface area contributed by atoms with E-state index in [1.165, 1.54) is 39.7 Å². The third kappa shape index (κ3) is 5.13. The molecular weight excluding hydrogens is 454 g/mol. The zero-order valence-corrected chi connectivity index (χ0v) is 21.2. The first kappa shape index (κ1) is 23.4. The summed E-state index contributed by atoms with van der Waals surface area (Å²) >= 11 is 0. The van der Waals surface area contributed by atoms with Crippen molar-refractivity contribution >= 4 is 16.9 Å². The minimum Gasteiger partial charge on any atom is -0.340 e. The zero-order valence-electron chi connectivity index (χ0n) is 21.2. The van der Waals surface area contributed by atoms with Crippen molar-refractivity contribution in [3.63, 3.8) is 0 Å². The Kier molecular flexibility index (Phi) is 6.95. The van der Waals surface area contributed by atoms with Crippen LogP contribution in [0.1, 0.15) is 12.8 Å². The smallest absolute Gasteiger partial charge is 0.225 e. The molecule has 2 aromatic heterocycles. The van der Waals surface area contributed by atoms with E-state index in [9.17, 15) is 0 Å². The molecule has 186 valence electrons. The number of nitrogens with zero attached hydrogens (tertiary/aromatic N) is 5. The van der Waals surface area contributed by atoms with Gasteiger partial charge in [0.2, 0.25) is 5.95 Å². The number of fused-ring (bicyclic) bond motifs is 1. The SMILES string of the molecule is c1ccc(-c2cccc3c2cc(-c2ccccc2)n3CCCCN2CCN(c3ncccn3)CC2)cc1. The van der Waals surface area contributed by atoms with Crippen molar-refractivity contribution in [2.24, 2.45) is 0 Å². The summed E-state index contributed by atoms with van der Waals surface area (Å²) in [6, 6.07) is 32.5. The molecule has 0 radical (unpaired) electrons. The second-order valence-corrected chi connectivity index (χ2v) is 9.74. The minimum absolute atomic E-state index is 0.852. The third-order valence-electron chi connectivity index (χ3n) is 7.41. The highest BCUT2D eigenvalue weighted by atomic mass is 15.3. The average molecular weight is 488 g/mol. The number of hydrogen-bond donors (Lipinski definition) is 0. The topological polar surface area (TPSA) is 37.2 Å². The van der Waals surface area contributed by atoms with Crippen molar-refractivity contribution in [2.75, 3.05) is 37.6 Å². The van der Waals surface area contributed by atoms with Gasteiger partial charge < -0.3 is 9.47 Å². The summed E-state index contributed by atoms with van der Waals surface area (Å²) in [5, 5.41) is 1.33. The second kappa shape index (κ2) is 11.0. The molecule has 0 N–H and O–H groups in total. The van der Waals surface area contributed by atoms with Crippen LogP contribution in [-0.4, -0.2) is 52.2 Å². The van der Waals surface area contributed by atoms with E-state index in [1.54, 1.807) is 0 Å². The number of benzene rings is 3. The molecule has 1 saturated heterocycles. The number of anilines is 1. The first-order chi connectivity index (χ1) is 18.4. The molecular formula is C32H33N5. The van der Waals surface area contributed by atoms with Crippen molar-refractivity contribution in [3.8, 4) is 22.4 Å². The third-order valence-corrected chi connectivity index (χ3v) is 7.41. The van der Waals surface area contributed by atoms with Gasteiger partial charge in [-0.05, 0) is 54.3 Å². The van der Waals surface area contributed by atoms with E-state index >= 15 is 0 Å². The fourth-order valence-electron chi connectivity index (χ4n) is 5.47. The lowest BCUT2D eigenvalue weighted by molar-refractivity contribution is 0.250. The maximum atomic E-state index is 4.41. The first-order valence-corrected chi connectivity index (χ1v) is 13.3. The second-order valence-electron chi connectivity index (χ2n) is 9.74. The van der Waals surface area contributed by atoms with E-state index in [0.717, 1.165) is 51.6 Å². The van der Waals surface area contributed by atoms with Crippen molar-refractivity contribution < 1.29 is 0 Å². The van der Waals surface area contributed by atoms with Crippen molar-refractivity contribution in [1.82, 2.24) is 19.4 Å². The molecule has 0 amide bonds. The van der Waals surface area contributed by atoms with E-state index in [2.05, 4.69) is 109 Å². The molecule has 5 nitrogen and oxygen atoms in total. The van der Waals surface area contributed by atoms with Gasteiger partial charge in [0.1, 0.15) is 0 Å². The van der Waals surface area contributed by atoms with Gasteiger partial charge in [0.05, 0.1) is 0 Å². The zero-order chi connectivity index (χ0) is 24.9. The van der Waals surface area contributed by atoms with Gasteiger partial charge in [0.25, 0.3) is 0 Å². The van der Waals surface area contributed by atoms with Crippen LogP contribution >= 0.6 is 0 Å². The van der Waals surface area contributed by atoms with Crippen molar-refractivity contribution in [1.29, 1.82) is 0 Å². The predicted molar refractivity (Wildman–Crippen MR) is 153 cm³/mol. The van der Waals surface area contributed by atoms with Crippen molar-refractivity contribution in [3.05, 3.63) is 103 Å². The molecule has 1 aliphatic heterocycles. The van der Waals surface area contributed by atoms with E-state index in [4.69, 9.17) is 0 Å². The van der Waals surface area contributed by atoms with Gasteiger partial charge in [0.15, 0.2) is 0 Å². The lowest BCUT2D eigenvalue weighted by atomic mass is 10.0. The lowest BCUT2D eigenvalue weighted by Crippen LogP contribution is -2.47. The molecule has 0 atom stereocenters. The highest BCUT2D eigenvalue weighted by Crippen LogP contribution is 2.35. The normalized spacial score (nSPS) is 14.3. The van der Waals surface area contributed by atoms with E-state index in [1.807, 2.05) is 18.5 Å². The summed E-state index contributed by atoms with van der Waals surface area (Å²) in [7, 11) is 0. The molecule has 5 heteroatoms. The molecule has 1 fully saturated rings. The molecule has 0 unspecified atom stereocenters. The number of hydrogen-bond acceptors (Lipinski definition) is 4. The highest BCUT2D eigenvalue weighted by Gasteiger charge is 2.19. The summed E-state index contributed by atoms with van der Waals surface area (Å²) in [4.78, 5) is 13.7. The molecule has 6 rings (SSSR count). The van der Waals surface area contributed by atoms with Gasteiger partial charge in [-0.25, -0.2) is 9.97 Å². The number of unbranched alkanes of at least 4 members (excludes halogenated alkanes) is 1. The summed E-state index contributed by atoms with van der Waals surface area (Å²) in [6.45, 7) is 6.28. The van der Waals surface area contributed by atoms with Crippen LogP contribution in [0.25, 0.3) is 33.3 Å². The number of rotatable bonds is 8. The average Bonchev–Trinajstić information content (AvgIpc) is 3.36. The number of aryl methyl sites for hydroxylation is 1. The van der Waals surface area contributed by atoms with Crippen LogP contribution in [0.5, 0.6) is 0 Å². The van der Waals surface area contributed by atoms with Crippen LogP contribution in [-0.2, 0) is 6.54 Å². The number of piperazine rings is 1. The number of aromatic nitrogens is 3. The molecule has 0 spiro atoms. The molecule has 5 aromatic rings. The molecule has 3 aromatic carbocycles. The summed E-state index contributed by atoms with van der Waals surface area (Å²) in [5.41, 5.74) is 6.46. The molecule has 0 saturated carbocycles. The van der Waals surface area contributed by atoms with E-state index < -0.39 is 0 Å². The maximum absolute atomic E-state index is 4.41. The predicted octanol–water partition coefficient (Wildman–Crippen LogP) is 6.37. The van der Waals surface area contributed by atoms with Crippen LogP contribution in [0, 0.1) is 0 Å². The molecule has 1 aliphatic rings. The minimum atomic E-state index is 0.852. The Balaban J connectivity index is 1.16. The van der Waals surface area contributed by atoms with Gasteiger partial charge in [-0.2, -0.15) is 0 Å². The van der Waals surface area contributed by atoms with E-state index in [0.29, 0.717) is 0 Å². The lowest BCUT2D eigenvalue weighted by Gasteiger charge is -2.34. The van der Waals surface area contributed by atoms with Gasteiger partial charge in [-0.1, -0.05) is 72.8 Å². The molecule has 0 bridgehead atoms. The molecule has 37 heavy (non-hydrogen) atoms. The van der Waals surface area contributed by atoms with Crippen LogP contribution in [0.3, 0.4) is 0 Å². The van der Waals surface area contributed by atoms with Gasteiger partial charge in [-0.3, -0.25) is 4.90 Å². The van der Waals surface area contributed by atoms with Gasteiger partial charge >= 0.3 is 0 Å². The quantitative estimate of drug-likeness (QED) is 0.238. The molecule has 0 aliphatic carbocycles. The van der Waals surface area contributed by atoms with Crippen LogP contribution < -0.4 is 4.90 Å². The standard InChI is InChI=1S/C32H33N5/c1-3-11-26(12-4-1)28-15-9-16-30-29(28)25-31(27-13-5-2-6-14-27)37(30)20-8-7-19-35-21-23-36(24-22-35)32-33-17-10-18-34-32/h1-6,9-18,25H,7-8,19-24H2. The largest absolute Gasteiger partial charge is 0.340 e. The maximum Gasteiger partial charge on any atom is 0.225 e. The molecule has 3 heterocycles. The fourth-order valence-corrected chi connectivity index (χ4v) is 5.47. The van der Waals surface area contributed by atoms with Crippen LogP contribution in [0.4, 0.5) is 5.95 Å². The Morgan fingerprint density at radius 1 is 0.622 bits per heavy atom. The van der Waals surface area contributed by atoms with Crippen molar-refractivity contribution in [2.45, 2.75) is 19.4 Å². The highest BCUT2D eigenvalue weighted by molar-refractivity contribution is 5.98. The Hall–Kier alpha value is -3.96. The summed E-state index contributed by atoms with van der Waals surface area (Å²) < 4.78 is 2.53. The Labute approximate surface area is 219 Å². The Morgan fingerprint density at radius 2 is 1.30 bits per heavy atom. The Morgan fingerprint density at radius 3 is 2.03 bits per heavy atom. The van der Waals surface area contributed by atoms with Crippen LogP contribution in [0.15, 0.2) is 103 Å². The first-order valence-electron chi connectivity index (χ1n) is 13.3. The fraction of sp³-hybridized carbons (Fsp3) is 0.250. The monoisotopic (exact) mass is 487 g/mol.